The van der Waals surface area contributed by atoms with Gasteiger partial charge in [0.2, 0.25) is 11.8 Å². The van der Waals surface area contributed by atoms with Crippen molar-refractivity contribution in [3.63, 3.8) is 0 Å². The number of nitrogens with one attached hydrogen (secondary N) is 1. The lowest BCUT2D eigenvalue weighted by molar-refractivity contribution is -0.142. The zero-order valence-electron chi connectivity index (χ0n) is 18.6. The number of carbonyl (C=O) groups is 2. The molecule has 4 rings (SSSR count). The molecule has 1 N–H and O–H groups in total. The first-order chi connectivity index (χ1) is 16.6. The third-order valence-corrected chi connectivity index (χ3v) is 5.34. The van der Waals surface area contributed by atoms with Crippen LogP contribution in [0.1, 0.15) is 17.4 Å². The summed E-state index contributed by atoms with van der Waals surface area (Å²) in [5.41, 5.74) is 1.39. The summed E-state index contributed by atoms with van der Waals surface area (Å²) >= 11 is 0. The maximum atomic E-state index is 14.8. The molecule has 1 atom stereocenters. The molecule has 2 amide bonds. The third-order valence-electron chi connectivity index (χ3n) is 5.34. The van der Waals surface area contributed by atoms with E-state index in [0.29, 0.717) is 16.8 Å². The number of para-hydroxylation sites is 1. The maximum absolute atomic E-state index is 14.8. The summed E-state index contributed by atoms with van der Waals surface area (Å²) in [5, 5.41) is 10.9. The van der Waals surface area contributed by atoms with E-state index in [1.165, 1.54) is 41.2 Å². The van der Waals surface area contributed by atoms with Gasteiger partial charge in [0.15, 0.2) is 0 Å². The van der Waals surface area contributed by atoms with Gasteiger partial charge in [0.1, 0.15) is 29.7 Å². The Bertz CT molecular complexity index is 1260. The minimum atomic E-state index is -1.23. The topological polar surface area (TPSA) is 102 Å². The summed E-state index contributed by atoms with van der Waals surface area (Å²) < 4.78 is 26.7. The molecule has 0 radical (unpaired) electrons. The van der Waals surface area contributed by atoms with Gasteiger partial charge in [-0.2, -0.15) is 0 Å². The van der Waals surface area contributed by atoms with Crippen LogP contribution >= 0.6 is 0 Å². The van der Waals surface area contributed by atoms with Crippen LogP contribution in [0.15, 0.2) is 71.3 Å². The number of benzene rings is 2. The van der Waals surface area contributed by atoms with Gasteiger partial charge in [-0.3, -0.25) is 9.59 Å². The van der Waals surface area contributed by atoms with Crippen molar-refractivity contribution >= 4 is 22.8 Å². The lowest BCUT2D eigenvalue weighted by Crippen LogP contribution is -2.46. The number of carbonyl (C=O) groups excluding carboxylic acids is 2. The van der Waals surface area contributed by atoms with Gasteiger partial charge in [-0.15, -0.1) is 5.10 Å². The van der Waals surface area contributed by atoms with Crippen molar-refractivity contribution in [2.75, 3.05) is 20.3 Å². The van der Waals surface area contributed by atoms with Gasteiger partial charge in [0.05, 0.1) is 24.9 Å². The summed E-state index contributed by atoms with van der Waals surface area (Å²) in [5.74, 6) is -1.05. The van der Waals surface area contributed by atoms with E-state index in [1.807, 2.05) is 12.1 Å². The number of hydrogen-bond acceptors (Lipinski definition) is 6. The minimum absolute atomic E-state index is 0.0646. The Morgan fingerprint density at radius 2 is 1.94 bits per heavy atom. The van der Waals surface area contributed by atoms with E-state index in [0.717, 1.165) is 0 Å². The molecule has 2 aromatic heterocycles. The molecule has 0 aliphatic rings. The summed E-state index contributed by atoms with van der Waals surface area (Å²) in [6, 6.07) is 15.3. The van der Waals surface area contributed by atoms with Crippen molar-refractivity contribution < 1.29 is 23.1 Å². The molecule has 0 aliphatic heterocycles. The maximum Gasteiger partial charge on any atom is 0.247 e. The second-order valence-corrected chi connectivity index (χ2v) is 7.54. The number of furan rings is 1. The Morgan fingerprint density at radius 3 is 2.71 bits per heavy atom. The summed E-state index contributed by atoms with van der Waals surface area (Å²) in [4.78, 5) is 28.1. The molecular weight excluding hydrogens is 441 g/mol. The second-order valence-electron chi connectivity index (χ2n) is 7.54. The van der Waals surface area contributed by atoms with Crippen LogP contribution in [-0.4, -0.2) is 52.0 Å². The second kappa shape index (κ2) is 10.7. The van der Waals surface area contributed by atoms with Gasteiger partial charge < -0.3 is 19.4 Å². The predicted octanol–water partition coefficient (Wildman–Crippen LogP) is 2.70. The standard InChI is InChI=1S/C24H24FN5O4/c1-33-14-12-29(22(31)16-30-21-11-5-4-10-20(21)27-28-30)23(18-8-2-3-9-19(18)25)24(32)26-15-17-7-6-13-34-17/h2-11,13,23H,12,14-16H2,1H3,(H,26,32)/t23-/m0/s1. The number of hydrogen-bond donors (Lipinski definition) is 1. The van der Waals surface area contributed by atoms with E-state index in [-0.39, 0.29) is 31.8 Å². The molecule has 0 unspecified atom stereocenters. The summed E-state index contributed by atoms with van der Waals surface area (Å²) in [6.45, 7) is 0.132. The Morgan fingerprint density at radius 1 is 1.15 bits per heavy atom. The Hall–Kier alpha value is -4.05. The number of nitrogens with zero attached hydrogens (tertiary/aromatic N) is 4. The van der Waals surface area contributed by atoms with Crippen molar-refractivity contribution in [3.05, 3.63) is 84.1 Å². The van der Waals surface area contributed by atoms with E-state index in [9.17, 15) is 14.0 Å². The van der Waals surface area contributed by atoms with E-state index in [1.54, 1.807) is 30.3 Å². The number of halogens is 1. The Balaban J connectivity index is 1.65. The van der Waals surface area contributed by atoms with Crippen molar-refractivity contribution in [2.24, 2.45) is 0 Å². The molecule has 2 heterocycles. The van der Waals surface area contributed by atoms with Crippen LogP contribution in [0.3, 0.4) is 0 Å². The van der Waals surface area contributed by atoms with Crippen LogP contribution in [0.5, 0.6) is 0 Å². The molecule has 0 fully saturated rings. The molecule has 4 aromatic rings. The number of fused-ring (bicyclic) bond motifs is 1. The quantitative estimate of drug-likeness (QED) is 0.386. The fraction of sp³-hybridized carbons (Fsp3) is 0.250. The van der Waals surface area contributed by atoms with Crippen molar-refractivity contribution in [1.29, 1.82) is 0 Å². The van der Waals surface area contributed by atoms with Crippen molar-refractivity contribution in [1.82, 2.24) is 25.2 Å². The SMILES string of the molecule is COCCN(C(=O)Cn1nnc2ccccc21)[C@H](C(=O)NCc1ccco1)c1ccccc1F. The smallest absolute Gasteiger partial charge is 0.247 e. The van der Waals surface area contributed by atoms with Crippen LogP contribution in [0, 0.1) is 5.82 Å². The predicted molar refractivity (Wildman–Crippen MR) is 121 cm³/mol. The molecule has 10 heteroatoms. The lowest BCUT2D eigenvalue weighted by atomic mass is 10.0. The Labute approximate surface area is 195 Å². The largest absolute Gasteiger partial charge is 0.467 e. The van der Waals surface area contributed by atoms with E-state index >= 15 is 0 Å². The molecule has 2 aromatic carbocycles. The van der Waals surface area contributed by atoms with Gasteiger partial charge in [0, 0.05) is 19.2 Å². The van der Waals surface area contributed by atoms with E-state index in [2.05, 4.69) is 15.6 Å². The first-order valence-electron chi connectivity index (χ1n) is 10.7. The van der Waals surface area contributed by atoms with Crippen molar-refractivity contribution in [3.8, 4) is 0 Å². The average Bonchev–Trinajstić information content (AvgIpc) is 3.51. The van der Waals surface area contributed by atoms with E-state index in [4.69, 9.17) is 9.15 Å². The van der Waals surface area contributed by atoms with Crippen LogP contribution in [-0.2, 0) is 27.4 Å². The fourth-order valence-electron chi connectivity index (χ4n) is 3.67. The van der Waals surface area contributed by atoms with Crippen LogP contribution in [0.4, 0.5) is 4.39 Å². The van der Waals surface area contributed by atoms with E-state index < -0.39 is 23.7 Å². The highest BCUT2D eigenvalue weighted by Gasteiger charge is 2.33. The highest BCUT2D eigenvalue weighted by atomic mass is 19.1. The van der Waals surface area contributed by atoms with Gasteiger partial charge in [0.25, 0.3) is 0 Å². The minimum Gasteiger partial charge on any atom is -0.467 e. The number of rotatable bonds is 10. The van der Waals surface area contributed by atoms with Crippen LogP contribution < -0.4 is 5.32 Å². The van der Waals surface area contributed by atoms with Gasteiger partial charge in [-0.1, -0.05) is 35.5 Å². The molecule has 0 bridgehead atoms. The van der Waals surface area contributed by atoms with Gasteiger partial charge >= 0.3 is 0 Å². The van der Waals surface area contributed by atoms with Crippen LogP contribution in [0.2, 0.25) is 0 Å². The zero-order valence-corrected chi connectivity index (χ0v) is 18.6. The zero-order chi connectivity index (χ0) is 23.9. The normalized spacial score (nSPS) is 11.9. The van der Waals surface area contributed by atoms with Crippen molar-refractivity contribution in [2.45, 2.75) is 19.1 Å². The molecule has 9 nitrogen and oxygen atoms in total. The average molecular weight is 465 g/mol. The molecule has 0 saturated heterocycles. The molecular formula is C24H24FN5O4. The summed E-state index contributed by atoms with van der Waals surface area (Å²) in [6.07, 6.45) is 1.49. The highest BCUT2D eigenvalue weighted by molar-refractivity contribution is 5.89. The first-order valence-corrected chi connectivity index (χ1v) is 10.7. The van der Waals surface area contributed by atoms with Gasteiger partial charge in [-0.25, -0.2) is 9.07 Å². The summed E-state index contributed by atoms with van der Waals surface area (Å²) in [7, 11) is 1.49. The fourth-order valence-corrected chi connectivity index (χ4v) is 3.67. The monoisotopic (exact) mass is 465 g/mol. The Kier molecular flexibility index (Phi) is 7.28. The molecule has 0 spiro atoms. The molecule has 34 heavy (non-hydrogen) atoms. The molecule has 0 aliphatic carbocycles. The number of amides is 2. The number of aromatic nitrogens is 3. The molecule has 0 saturated carbocycles. The lowest BCUT2D eigenvalue weighted by Gasteiger charge is -2.31. The third kappa shape index (κ3) is 5.12. The highest BCUT2D eigenvalue weighted by Crippen LogP contribution is 2.25. The first kappa shape index (κ1) is 23.1. The molecule has 176 valence electrons. The number of methoxy groups -OCH3 is 1. The van der Waals surface area contributed by atoms with Crippen LogP contribution in [0.25, 0.3) is 11.0 Å². The number of ether oxygens (including phenoxy) is 1. The van der Waals surface area contributed by atoms with Gasteiger partial charge in [-0.05, 0) is 30.3 Å².